The maximum atomic E-state index is 13.1. The Balaban J connectivity index is 5.44. The zero-order chi connectivity index (χ0) is 76.0. The number of aliphatic hydroxyl groups excluding tert-OH is 1. The van der Waals surface area contributed by atoms with E-state index in [1.54, 1.807) is 0 Å². The van der Waals surface area contributed by atoms with Crippen molar-refractivity contribution >= 4 is 39.5 Å². The first-order chi connectivity index (χ1) is 50.7. The lowest BCUT2D eigenvalue weighted by atomic mass is 10.1. The lowest BCUT2D eigenvalue weighted by molar-refractivity contribution is -0.161. The number of esters is 4. The van der Waals surface area contributed by atoms with E-state index in [0.717, 1.165) is 193 Å². The summed E-state index contributed by atoms with van der Waals surface area (Å²) in [5, 5.41) is 10.6. The molecule has 104 heavy (non-hydrogen) atoms. The molecule has 0 saturated heterocycles. The molecule has 0 aromatic heterocycles. The van der Waals surface area contributed by atoms with Crippen LogP contribution in [0.1, 0.15) is 297 Å². The third-order valence-electron chi connectivity index (χ3n) is 16.0. The van der Waals surface area contributed by atoms with Crippen molar-refractivity contribution in [2.75, 3.05) is 39.6 Å². The van der Waals surface area contributed by atoms with Gasteiger partial charge in [-0.15, -0.1) is 0 Å². The zero-order valence-electron chi connectivity index (χ0n) is 64.6. The molecule has 17 nitrogen and oxygen atoms in total. The van der Waals surface area contributed by atoms with Crippen molar-refractivity contribution in [3.8, 4) is 0 Å². The smallest absolute Gasteiger partial charge is 0.462 e. The van der Waals surface area contributed by atoms with Crippen LogP contribution in [0.2, 0.25) is 0 Å². The lowest BCUT2D eigenvalue weighted by Crippen LogP contribution is -2.30. The molecule has 0 aliphatic rings. The van der Waals surface area contributed by atoms with Crippen LogP contribution >= 0.6 is 15.6 Å². The molecule has 3 N–H and O–H groups in total. The minimum Gasteiger partial charge on any atom is -0.462 e. The Morgan fingerprint density at radius 1 is 0.279 bits per heavy atom. The summed E-state index contributed by atoms with van der Waals surface area (Å²) in [6, 6.07) is 0. The van der Waals surface area contributed by atoms with Gasteiger partial charge in [0.2, 0.25) is 0 Å². The van der Waals surface area contributed by atoms with Crippen LogP contribution in [-0.4, -0.2) is 96.7 Å². The molecule has 0 aromatic rings. The molecule has 592 valence electrons. The van der Waals surface area contributed by atoms with Crippen LogP contribution in [0.15, 0.2) is 158 Å². The summed E-state index contributed by atoms with van der Waals surface area (Å²) in [6.07, 6.45) is 88.0. The number of aliphatic hydroxyl groups is 1. The largest absolute Gasteiger partial charge is 0.472 e. The molecule has 0 spiro atoms. The highest BCUT2D eigenvalue weighted by Gasteiger charge is 2.30. The minimum atomic E-state index is -5.00. The summed E-state index contributed by atoms with van der Waals surface area (Å²) in [4.78, 5) is 73.0. The first-order valence-electron chi connectivity index (χ1n) is 39.7. The molecule has 0 fully saturated rings. The third kappa shape index (κ3) is 74.9. The molecule has 0 rings (SSSR count). The van der Waals surface area contributed by atoms with Gasteiger partial charge in [0.1, 0.15) is 19.3 Å². The molecule has 0 aliphatic heterocycles. The molecular formula is C85H140O17P2. The quantitative estimate of drug-likeness (QED) is 0.0169. The van der Waals surface area contributed by atoms with Crippen LogP contribution < -0.4 is 0 Å². The van der Waals surface area contributed by atoms with Gasteiger partial charge in [-0.05, 0) is 167 Å². The van der Waals surface area contributed by atoms with Crippen molar-refractivity contribution < 1.29 is 80.2 Å². The molecule has 0 aliphatic carbocycles. The van der Waals surface area contributed by atoms with Crippen LogP contribution in [0.25, 0.3) is 0 Å². The Kier molecular flexibility index (Phi) is 72.0. The van der Waals surface area contributed by atoms with Gasteiger partial charge in [0, 0.05) is 25.7 Å². The van der Waals surface area contributed by atoms with Crippen molar-refractivity contribution in [2.45, 2.75) is 316 Å². The summed E-state index contributed by atoms with van der Waals surface area (Å²) in [5.74, 6) is -2.28. The zero-order valence-corrected chi connectivity index (χ0v) is 66.4. The van der Waals surface area contributed by atoms with Gasteiger partial charge < -0.3 is 33.8 Å². The van der Waals surface area contributed by atoms with E-state index < -0.39 is 97.5 Å². The topological polar surface area (TPSA) is 237 Å². The van der Waals surface area contributed by atoms with Crippen LogP contribution in [0.3, 0.4) is 0 Å². The third-order valence-corrected chi connectivity index (χ3v) is 17.9. The van der Waals surface area contributed by atoms with E-state index in [-0.39, 0.29) is 25.7 Å². The summed E-state index contributed by atoms with van der Waals surface area (Å²) < 4.78 is 68.5. The van der Waals surface area contributed by atoms with E-state index >= 15 is 0 Å². The second-order valence-corrected chi connectivity index (χ2v) is 28.8. The number of hydrogen-bond donors (Lipinski definition) is 3. The van der Waals surface area contributed by atoms with Crippen LogP contribution in [0, 0.1) is 0 Å². The van der Waals surface area contributed by atoms with E-state index in [9.17, 15) is 43.2 Å². The molecule has 0 bridgehead atoms. The number of rotatable bonds is 73. The van der Waals surface area contributed by atoms with E-state index in [0.29, 0.717) is 25.7 Å². The number of phosphoric acid groups is 2. The molecule has 0 heterocycles. The van der Waals surface area contributed by atoms with Crippen LogP contribution in [-0.2, 0) is 65.4 Å². The first kappa shape index (κ1) is 98.7. The standard InChI is InChI=1S/C85H140O17P2/c1-5-9-13-17-21-25-29-33-36-38-39-41-43-47-50-54-58-62-66-70-83(88)96-76-81(102-85(90)72-68-64-60-56-52-48-44-40-37-34-30-26-22-18-14-10-6-2)78-100-104(93,94)98-74-79(86)73-97-103(91,92)99-77-80(101-84(89)71-67-63-59-55-51-45-32-28-24-20-16-12-8-4)75-95-82(87)69-65-61-57-53-49-46-42-35-31-27-23-19-15-11-7-3/h9-11,13-15,21-23,25-28,32-37,39,41-42,44,48-49,53,79-81,86H,5-8,12,16-20,24,29-31,38,40,43,45-47,50-52,54-78H2,1-4H3,(H,91,92)(H,93,94)/b13-9-,14-10-,15-11-,25-21-,26-22-,27-23-,32-28-,36-33-,37-34-,41-39-,42-35-,48-44-,53-49-. The fraction of sp³-hybridized carbons (Fsp3) is 0.647. The first-order valence-corrected chi connectivity index (χ1v) is 42.7. The van der Waals surface area contributed by atoms with Gasteiger partial charge in [-0.3, -0.25) is 37.3 Å². The number of ether oxygens (including phenoxy) is 4. The fourth-order valence-electron chi connectivity index (χ4n) is 10.0. The highest BCUT2D eigenvalue weighted by Crippen LogP contribution is 2.45. The number of phosphoric ester groups is 2. The van der Waals surface area contributed by atoms with Gasteiger partial charge >= 0.3 is 39.5 Å². The van der Waals surface area contributed by atoms with E-state index in [1.165, 1.54) is 25.7 Å². The number of hydrogen-bond acceptors (Lipinski definition) is 15. The maximum Gasteiger partial charge on any atom is 0.472 e. The SMILES string of the molecule is CC/C=C\C/C=C\C/C=C\C/C=C\CCCCCCCCC(=O)OCC(COP(=O)(O)OCC(O)COP(=O)(O)OCC(COC(=O)CCCC/C=C\C/C=C\C/C=C\C/C=C\CC)OC(=O)CCCCCCC/C=C\CCCCCC)OC(=O)CCCCCC/C=C\C/C=C\C/C=C\C/C=C\CC. The molecule has 0 aromatic carbocycles. The molecule has 0 saturated carbocycles. The molecule has 5 atom stereocenters. The van der Waals surface area contributed by atoms with Gasteiger partial charge in [0.25, 0.3) is 0 Å². The van der Waals surface area contributed by atoms with Crippen LogP contribution in [0.4, 0.5) is 0 Å². The predicted octanol–water partition coefficient (Wildman–Crippen LogP) is 23.2. The van der Waals surface area contributed by atoms with Crippen molar-refractivity contribution in [2.24, 2.45) is 0 Å². The number of unbranched alkanes of at least 4 members (excludes halogenated alkanes) is 21. The van der Waals surface area contributed by atoms with E-state index in [1.807, 2.05) is 0 Å². The van der Waals surface area contributed by atoms with Crippen molar-refractivity contribution in [1.82, 2.24) is 0 Å². The Morgan fingerprint density at radius 2 is 0.500 bits per heavy atom. The Hall–Kier alpha value is -5.32. The number of carbonyl (C=O) groups excluding carboxylic acids is 4. The summed E-state index contributed by atoms with van der Waals surface area (Å²) in [7, 11) is -9.99. The molecule has 5 unspecified atom stereocenters. The van der Waals surface area contributed by atoms with Crippen molar-refractivity contribution in [1.29, 1.82) is 0 Å². The maximum absolute atomic E-state index is 13.1. The minimum absolute atomic E-state index is 0.0573. The second kappa shape index (κ2) is 75.9. The monoisotopic (exact) mass is 1490 g/mol. The molecule has 0 radical (unpaired) electrons. The van der Waals surface area contributed by atoms with Crippen LogP contribution in [0.5, 0.6) is 0 Å². The summed E-state index contributed by atoms with van der Waals surface area (Å²) >= 11 is 0. The molecule has 19 heteroatoms. The highest BCUT2D eigenvalue weighted by atomic mass is 31.2. The normalized spacial score (nSPS) is 14.7. The van der Waals surface area contributed by atoms with Gasteiger partial charge in [-0.2, -0.15) is 0 Å². The fourth-order valence-corrected chi connectivity index (χ4v) is 11.6. The number of carbonyl (C=O) groups is 4. The Bertz CT molecular complexity index is 2590. The number of allylic oxidation sites excluding steroid dienone is 26. The Morgan fingerprint density at radius 3 is 0.798 bits per heavy atom. The summed E-state index contributed by atoms with van der Waals surface area (Å²) in [5.41, 5.74) is 0. The predicted molar refractivity (Wildman–Crippen MR) is 427 cm³/mol. The highest BCUT2D eigenvalue weighted by molar-refractivity contribution is 7.47. The average molecular weight is 1500 g/mol. The molecular weight excluding hydrogens is 1350 g/mol. The van der Waals surface area contributed by atoms with E-state index in [4.69, 9.17) is 37.0 Å². The second-order valence-electron chi connectivity index (χ2n) is 25.9. The van der Waals surface area contributed by atoms with Crippen molar-refractivity contribution in [3.05, 3.63) is 158 Å². The average Bonchev–Trinajstić information content (AvgIpc) is 0.911. The molecule has 0 amide bonds. The van der Waals surface area contributed by atoms with Crippen molar-refractivity contribution in [3.63, 3.8) is 0 Å². The Labute approximate surface area is 629 Å². The van der Waals surface area contributed by atoms with Gasteiger partial charge in [0.15, 0.2) is 12.2 Å². The van der Waals surface area contributed by atoms with Gasteiger partial charge in [-0.1, -0.05) is 263 Å². The van der Waals surface area contributed by atoms with Gasteiger partial charge in [-0.25, -0.2) is 9.13 Å². The van der Waals surface area contributed by atoms with Gasteiger partial charge in [0.05, 0.1) is 26.4 Å². The lowest BCUT2D eigenvalue weighted by Gasteiger charge is -2.21. The summed E-state index contributed by atoms with van der Waals surface area (Å²) in [6.45, 7) is 4.41. The van der Waals surface area contributed by atoms with E-state index in [2.05, 4.69) is 186 Å².